The maximum Gasteiger partial charge on any atom is 0.262 e. The van der Waals surface area contributed by atoms with Crippen molar-refractivity contribution in [2.45, 2.75) is 6.92 Å². The van der Waals surface area contributed by atoms with Gasteiger partial charge in [-0.1, -0.05) is 28.1 Å². The van der Waals surface area contributed by atoms with Crippen LogP contribution in [0.4, 0.5) is 11.4 Å². The molecule has 0 bridgehead atoms. The van der Waals surface area contributed by atoms with Crippen LogP contribution in [-0.4, -0.2) is 18.4 Å². The van der Waals surface area contributed by atoms with E-state index in [1.165, 1.54) is 6.92 Å². The summed E-state index contributed by atoms with van der Waals surface area (Å²) in [4.78, 5) is 23.1. The molecule has 2 rings (SSSR count). The molecule has 0 saturated heterocycles. The van der Waals surface area contributed by atoms with E-state index in [-0.39, 0.29) is 18.4 Å². The Morgan fingerprint density at radius 3 is 2.18 bits per heavy atom. The molecule has 0 heterocycles. The van der Waals surface area contributed by atoms with Gasteiger partial charge >= 0.3 is 0 Å². The minimum atomic E-state index is -0.305. The van der Waals surface area contributed by atoms with Crippen LogP contribution in [0.1, 0.15) is 6.92 Å². The molecule has 0 radical (unpaired) electrons. The Kier molecular flexibility index (Phi) is 5.55. The fourth-order valence-electron chi connectivity index (χ4n) is 1.76. The Morgan fingerprint density at radius 1 is 1.00 bits per heavy atom. The van der Waals surface area contributed by atoms with Crippen molar-refractivity contribution in [1.82, 2.24) is 0 Å². The normalized spacial score (nSPS) is 9.91. The van der Waals surface area contributed by atoms with Gasteiger partial charge in [-0.3, -0.25) is 9.59 Å². The molecule has 5 nitrogen and oxygen atoms in total. The molecular weight excluding hydrogens is 348 g/mol. The maximum absolute atomic E-state index is 11.9. The topological polar surface area (TPSA) is 67.4 Å². The van der Waals surface area contributed by atoms with Crippen LogP contribution in [0.25, 0.3) is 0 Å². The van der Waals surface area contributed by atoms with Crippen LogP contribution < -0.4 is 15.4 Å². The van der Waals surface area contributed by atoms with Gasteiger partial charge in [-0.05, 0) is 36.4 Å². The predicted octanol–water partition coefficient (Wildman–Crippen LogP) is 3.43. The van der Waals surface area contributed by atoms with Gasteiger partial charge < -0.3 is 15.4 Å². The van der Waals surface area contributed by atoms with Crippen molar-refractivity contribution in [1.29, 1.82) is 0 Å². The number of anilines is 2. The predicted molar refractivity (Wildman–Crippen MR) is 89.0 cm³/mol. The number of carbonyl (C=O) groups excluding carboxylic acids is 2. The molecule has 0 aliphatic carbocycles. The van der Waals surface area contributed by atoms with E-state index in [4.69, 9.17) is 4.74 Å². The Bertz CT molecular complexity index is 671. The van der Waals surface area contributed by atoms with Crippen molar-refractivity contribution in [2.24, 2.45) is 0 Å². The van der Waals surface area contributed by atoms with Crippen molar-refractivity contribution in [3.8, 4) is 5.75 Å². The maximum atomic E-state index is 11.9. The number of halogens is 1. The number of ether oxygens (including phenoxy) is 1. The summed E-state index contributed by atoms with van der Waals surface area (Å²) >= 11 is 3.33. The zero-order valence-electron chi connectivity index (χ0n) is 11.9. The molecule has 0 aromatic heterocycles. The van der Waals surface area contributed by atoms with Crippen LogP contribution >= 0.6 is 15.9 Å². The number of hydrogen-bond acceptors (Lipinski definition) is 3. The first-order valence-corrected chi connectivity index (χ1v) is 7.39. The van der Waals surface area contributed by atoms with Crippen LogP contribution in [0, 0.1) is 0 Å². The number of amides is 2. The SMILES string of the molecule is CC(=O)Nc1ccccc1NC(=O)COc1ccc(Br)cc1. The molecule has 2 amide bonds. The lowest BCUT2D eigenvalue weighted by atomic mass is 10.2. The number of benzene rings is 2. The quantitative estimate of drug-likeness (QED) is 0.855. The number of carbonyl (C=O) groups is 2. The Morgan fingerprint density at radius 2 is 1.59 bits per heavy atom. The van der Waals surface area contributed by atoms with Crippen LogP contribution in [0.15, 0.2) is 53.0 Å². The fraction of sp³-hybridized carbons (Fsp3) is 0.125. The summed E-state index contributed by atoms with van der Waals surface area (Å²) in [7, 11) is 0. The molecule has 6 heteroatoms. The second-order valence-electron chi connectivity index (χ2n) is 4.52. The van der Waals surface area contributed by atoms with Crippen LogP contribution in [0.2, 0.25) is 0 Å². The smallest absolute Gasteiger partial charge is 0.262 e. The fourth-order valence-corrected chi connectivity index (χ4v) is 2.02. The molecule has 0 aliphatic heterocycles. The summed E-state index contributed by atoms with van der Waals surface area (Å²) in [5, 5.41) is 5.37. The highest BCUT2D eigenvalue weighted by Gasteiger charge is 2.08. The first kappa shape index (κ1) is 16.0. The van der Waals surface area contributed by atoms with Gasteiger partial charge in [0.15, 0.2) is 6.61 Å². The van der Waals surface area contributed by atoms with Crippen molar-refractivity contribution in [3.05, 3.63) is 53.0 Å². The minimum Gasteiger partial charge on any atom is -0.484 e. The molecule has 2 N–H and O–H groups in total. The van der Waals surface area contributed by atoms with Gasteiger partial charge in [-0.15, -0.1) is 0 Å². The summed E-state index contributed by atoms with van der Waals surface area (Å²) in [6.45, 7) is 1.30. The second kappa shape index (κ2) is 7.61. The Balaban J connectivity index is 1.94. The average Bonchev–Trinajstić information content (AvgIpc) is 2.48. The Labute approximate surface area is 136 Å². The van der Waals surface area contributed by atoms with Gasteiger partial charge in [0, 0.05) is 11.4 Å². The highest BCUT2D eigenvalue weighted by molar-refractivity contribution is 9.10. The highest BCUT2D eigenvalue weighted by Crippen LogP contribution is 2.21. The largest absolute Gasteiger partial charge is 0.484 e. The lowest BCUT2D eigenvalue weighted by Crippen LogP contribution is -2.21. The third kappa shape index (κ3) is 4.89. The van der Waals surface area contributed by atoms with E-state index in [9.17, 15) is 9.59 Å². The molecule has 0 fully saturated rings. The zero-order valence-corrected chi connectivity index (χ0v) is 13.5. The van der Waals surface area contributed by atoms with Crippen LogP contribution in [0.5, 0.6) is 5.75 Å². The third-order valence-corrected chi connectivity index (χ3v) is 3.22. The lowest BCUT2D eigenvalue weighted by molar-refractivity contribution is -0.118. The van der Waals surface area contributed by atoms with Crippen molar-refractivity contribution < 1.29 is 14.3 Å². The van der Waals surface area contributed by atoms with Crippen LogP contribution in [-0.2, 0) is 9.59 Å². The molecule has 0 saturated carbocycles. The number of hydrogen-bond donors (Lipinski definition) is 2. The number of para-hydroxylation sites is 2. The van der Waals surface area contributed by atoms with E-state index < -0.39 is 0 Å². The van der Waals surface area contributed by atoms with Gasteiger partial charge in [0.05, 0.1) is 11.4 Å². The molecule has 0 spiro atoms. The molecule has 0 unspecified atom stereocenters. The molecule has 0 atom stereocenters. The molecule has 114 valence electrons. The highest BCUT2D eigenvalue weighted by atomic mass is 79.9. The number of rotatable bonds is 5. The van der Waals surface area contributed by atoms with Gasteiger partial charge in [-0.25, -0.2) is 0 Å². The summed E-state index contributed by atoms with van der Waals surface area (Å²) in [5.74, 6) is 0.0991. The first-order chi connectivity index (χ1) is 10.5. The third-order valence-electron chi connectivity index (χ3n) is 2.70. The Hall–Kier alpha value is -2.34. The summed E-state index contributed by atoms with van der Waals surface area (Å²) in [5.41, 5.74) is 1.08. The standard InChI is InChI=1S/C16H15BrN2O3/c1-11(20)18-14-4-2-3-5-15(14)19-16(21)10-22-13-8-6-12(17)7-9-13/h2-9H,10H2,1H3,(H,18,20)(H,19,21). The van der Waals surface area contributed by atoms with E-state index in [1.807, 2.05) is 12.1 Å². The first-order valence-electron chi connectivity index (χ1n) is 6.59. The summed E-state index contributed by atoms with van der Waals surface area (Å²) in [6.07, 6.45) is 0. The van der Waals surface area contributed by atoms with Crippen molar-refractivity contribution >= 4 is 39.1 Å². The summed E-state index contributed by atoms with van der Waals surface area (Å²) in [6, 6.07) is 14.2. The van der Waals surface area contributed by atoms with Crippen molar-refractivity contribution in [3.63, 3.8) is 0 Å². The summed E-state index contributed by atoms with van der Waals surface area (Å²) < 4.78 is 6.33. The van der Waals surface area contributed by atoms with E-state index in [2.05, 4.69) is 26.6 Å². The van der Waals surface area contributed by atoms with Gasteiger partial charge in [-0.2, -0.15) is 0 Å². The van der Waals surface area contributed by atoms with E-state index in [0.717, 1.165) is 4.47 Å². The molecule has 2 aromatic rings. The molecule has 0 aliphatic rings. The molecule has 22 heavy (non-hydrogen) atoms. The molecular formula is C16H15BrN2O3. The van der Waals surface area contributed by atoms with Gasteiger partial charge in [0.2, 0.25) is 5.91 Å². The van der Waals surface area contributed by atoms with Crippen LogP contribution in [0.3, 0.4) is 0 Å². The minimum absolute atomic E-state index is 0.115. The number of nitrogens with one attached hydrogen (secondary N) is 2. The second-order valence-corrected chi connectivity index (χ2v) is 5.43. The van der Waals surface area contributed by atoms with Gasteiger partial charge in [0.1, 0.15) is 5.75 Å². The van der Waals surface area contributed by atoms with Gasteiger partial charge in [0.25, 0.3) is 5.91 Å². The van der Waals surface area contributed by atoms with E-state index in [1.54, 1.807) is 36.4 Å². The lowest BCUT2D eigenvalue weighted by Gasteiger charge is -2.11. The monoisotopic (exact) mass is 362 g/mol. The zero-order chi connectivity index (χ0) is 15.9. The molecule has 2 aromatic carbocycles. The van der Waals surface area contributed by atoms with E-state index in [0.29, 0.717) is 17.1 Å². The average molecular weight is 363 g/mol. The van der Waals surface area contributed by atoms with E-state index >= 15 is 0 Å². The van der Waals surface area contributed by atoms with Crippen molar-refractivity contribution in [2.75, 3.05) is 17.2 Å².